The van der Waals surface area contributed by atoms with Gasteiger partial charge in [0, 0.05) is 22.2 Å². The van der Waals surface area contributed by atoms with Crippen LogP contribution in [0.4, 0.5) is 0 Å². The van der Waals surface area contributed by atoms with Crippen LogP contribution in [0.1, 0.15) is 11.1 Å². The zero-order chi connectivity index (χ0) is 18.2. The minimum atomic E-state index is -0.883. The highest BCUT2D eigenvalue weighted by Crippen LogP contribution is 2.20. The first-order valence-corrected chi connectivity index (χ1v) is 7.94. The van der Waals surface area contributed by atoms with Gasteiger partial charge in [-0.15, -0.1) is 0 Å². The highest BCUT2D eigenvalue weighted by atomic mass is 35.5. The summed E-state index contributed by atoms with van der Waals surface area (Å²) in [7, 11) is 1.50. The lowest BCUT2D eigenvalue weighted by Gasteiger charge is -2.05. The van der Waals surface area contributed by atoms with Crippen LogP contribution in [0.15, 0.2) is 47.6 Å². The Kier molecular flexibility index (Phi) is 6.80. The fraction of sp³-hybridized carbons (Fsp3) is 0.118. The van der Waals surface area contributed by atoms with Crippen LogP contribution in [0, 0.1) is 0 Å². The zero-order valence-corrected chi connectivity index (χ0v) is 14.8. The van der Waals surface area contributed by atoms with Crippen LogP contribution in [-0.4, -0.2) is 25.1 Å². The lowest BCUT2D eigenvalue weighted by atomic mass is 10.2. The van der Waals surface area contributed by atoms with Gasteiger partial charge < -0.3 is 10.1 Å². The third-order valence-corrected chi connectivity index (χ3v) is 3.62. The Hall–Kier alpha value is -2.57. The van der Waals surface area contributed by atoms with Gasteiger partial charge in [-0.25, -0.2) is 5.43 Å². The van der Waals surface area contributed by atoms with Gasteiger partial charge in [-0.2, -0.15) is 5.10 Å². The van der Waals surface area contributed by atoms with Crippen LogP contribution in [0.25, 0.3) is 0 Å². The predicted octanol–water partition coefficient (Wildman–Crippen LogP) is 2.77. The molecule has 0 radical (unpaired) electrons. The van der Waals surface area contributed by atoms with Crippen molar-refractivity contribution in [3.63, 3.8) is 0 Å². The van der Waals surface area contributed by atoms with Crippen LogP contribution in [-0.2, 0) is 16.1 Å². The molecule has 6 nitrogen and oxygen atoms in total. The van der Waals surface area contributed by atoms with E-state index in [0.29, 0.717) is 21.4 Å². The van der Waals surface area contributed by atoms with E-state index in [-0.39, 0.29) is 6.54 Å². The van der Waals surface area contributed by atoms with Gasteiger partial charge in [0.25, 0.3) is 0 Å². The normalized spacial score (nSPS) is 10.5. The molecule has 0 aliphatic carbocycles. The van der Waals surface area contributed by atoms with Crippen molar-refractivity contribution in [2.75, 3.05) is 7.11 Å². The van der Waals surface area contributed by atoms with Gasteiger partial charge in [0.2, 0.25) is 0 Å². The molecular weight excluding hydrogens is 365 g/mol. The van der Waals surface area contributed by atoms with E-state index in [0.717, 1.165) is 5.56 Å². The molecule has 25 heavy (non-hydrogen) atoms. The molecule has 0 aliphatic rings. The van der Waals surface area contributed by atoms with Gasteiger partial charge in [0.1, 0.15) is 5.75 Å². The number of carbonyl (C=O) groups is 2. The molecule has 2 aromatic rings. The van der Waals surface area contributed by atoms with Gasteiger partial charge in [0.05, 0.1) is 13.3 Å². The summed E-state index contributed by atoms with van der Waals surface area (Å²) in [5, 5.41) is 7.31. The average molecular weight is 380 g/mol. The number of amides is 2. The summed E-state index contributed by atoms with van der Waals surface area (Å²) in [6.07, 6.45) is 1.34. The average Bonchev–Trinajstić information content (AvgIpc) is 2.61. The monoisotopic (exact) mass is 379 g/mol. The molecular formula is C17H15Cl2N3O3. The zero-order valence-electron chi connectivity index (χ0n) is 13.3. The quantitative estimate of drug-likeness (QED) is 0.476. The van der Waals surface area contributed by atoms with Crippen molar-refractivity contribution in [3.8, 4) is 5.75 Å². The summed E-state index contributed by atoms with van der Waals surface area (Å²) < 4.78 is 5.15. The lowest BCUT2D eigenvalue weighted by Crippen LogP contribution is -2.37. The molecule has 0 heterocycles. The number of hydrazone groups is 1. The number of ether oxygens (including phenoxy) is 1. The summed E-state index contributed by atoms with van der Waals surface area (Å²) in [5.74, 6) is -1.15. The predicted molar refractivity (Wildman–Crippen MR) is 97.0 cm³/mol. The molecule has 0 spiro atoms. The van der Waals surface area contributed by atoms with Crippen molar-refractivity contribution >= 4 is 41.2 Å². The van der Waals surface area contributed by atoms with Crippen LogP contribution in [0.3, 0.4) is 0 Å². The summed E-state index contributed by atoms with van der Waals surface area (Å²) in [4.78, 5) is 23.4. The van der Waals surface area contributed by atoms with Crippen molar-refractivity contribution in [3.05, 3.63) is 63.6 Å². The molecule has 2 rings (SSSR count). The molecule has 0 aliphatic heterocycles. The molecule has 2 aromatic carbocycles. The van der Waals surface area contributed by atoms with Crippen LogP contribution >= 0.6 is 23.2 Å². The smallest absolute Gasteiger partial charge is 0.329 e. The van der Waals surface area contributed by atoms with Crippen molar-refractivity contribution in [2.45, 2.75) is 6.54 Å². The molecule has 2 amide bonds. The number of methoxy groups -OCH3 is 1. The topological polar surface area (TPSA) is 79.8 Å². The van der Waals surface area contributed by atoms with Crippen LogP contribution < -0.4 is 15.5 Å². The number of carbonyl (C=O) groups excluding carboxylic acids is 2. The van der Waals surface area contributed by atoms with Gasteiger partial charge in [-0.3, -0.25) is 9.59 Å². The highest BCUT2D eigenvalue weighted by Gasteiger charge is 2.12. The Labute approximate surface area is 154 Å². The van der Waals surface area contributed by atoms with Crippen LogP contribution in [0.5, 0.6) is 5.75 Å². The van der Waals surface area contributed by atoms with E-state index in [4.69, 9.17) is 27.9 Å². The number of nitrogens with zero attached hydrogens (tertiary/aromatic N) is 1. The van der Waals surface area contributed by atoms with E-state index < -0.39 is 11.8 Å². The van der Waals surface area contributed by atoms with E-state index in [1.54, 1.807) is 42.5 Å². The Morgan fingerprint density at radius 2 is 1.76 bits per heavy atom. The molecule has 0 fully saturated rings. The van der Waals surface area contributed by atoms with E-state index >= 15 is 0 Å². The third-order valence-electron chi connectivity index (χ3n) is 3.13. The number of hydrogen-bond donors (Lipinski definition) is 2. The van der Waals surface area contributed by atoms with Crippen LogP contribution in [0.2, 0.25) is 10.0 Å². The Balaban J connectivity index is 1.87. The first kappa shape index (κ1) is 18.8. The molecule has 0 bridgehead atoms. The maximum atomic E-state index is 11.7. The Morgan fingerprint density at radius 3 is 2.44 bits per heavy atom. The van der Waals surface area contributed by atoms with Gasteiger partial charge in [0.15, 0.2) is 0 Å². The number of rotatable bonds is 5. The van der Waals surface area contributed by atoms with E-state index in [1.165, 1.54) is 13.3 Å². The molecule has 130 valence electrons. The van der Waals surface area contributed by atoms with E-state index in [1.807, 2.05) is 0 Å². The number of nitrogens with one attached hydrogen (secondary N) is 2. The number of halogens is 2. The summed E-state index contributed by atoms with van der Waals surface area (Å²) >= 11 is 11.7. The van der Waals surface area contributed by atoms with Crippen molar-refractivity contribution < 1.29 is 14.3 Å². The highest BCUT2D eigenvalue weighted by molar-refractivity contribution is 6.35. The van der Waals surface area contributed by atoms with Gasteiger partial charge in [-0.05, 0) is 35.9 Å². The number of benzene rings is 2. The fourth-order valence-corrected chi connectivity index (χ4v) is 2.19. The second-order valence-electron chi connectivity index (χ2n) is 4.89. The molecule has 0 saturated heterocycles. The summed E-state index contributed by atoms with van der Waals surface area (Å²) in [5.41, 5.74) is 3.53. The standard InChI is InChI=1S/C17H15Cl2N3O3/c1-25-15-7-6-14(19)8-12(15)10-21-22-17(24)16(23)20-9-11-2-4-13(18)5-3-11/h2-8,10H,9H2,1H3,(H,20,23)(H,22,24)/b21-10-. The van der Waals surface area contributed by atoms with Crippen molar-refractivity contribution in [2.24, 2.45) is 5.10 Å². The number of hydrogen-bond acceptors (Lipinski definition) is 4. The Bertz CT molecular complexity index is 792. The van der Waals surface area contributed by atoms with Crippen molar-refractivity contribution in [1.82, 2.24) is 10.7 Å². The second kappa shape index (κ2) is 9.05. The minimum Gasteiger partial charge on any atom is -0.496 e. The molecule has 8 heteroatoms. The lowest BCUT2D eigenvalue weighted by molar-refractivity contribution is -0.139. The summed E-state index contributed by atoms with van der Waals surface area (Å²) in [6, 6.07) is 11.9. The van der Waals surface area contributed by atoms with Crippen molar-refractivity contribution in [1.29, 1.82) is 0 Å². The molecule has 0 unspecified atom stereocenters. The summed E-state index contributed by atoms with van der Waals surface area (Å²) in [6.45, 7) is 0.204. The second-order valence-corrected chi connectivity index (χ2v) is 5.77. The van der Waals surface area contributed by atoms with Gasteiger partial charge >= 0.3 is 11.8 Å². The maximum Gasteiger partial charge on any atom is 0.329 e. The third kappa shape index (κ3) is 5.77. The Morgan fingerprint density at radius 1 is 1.08 bits per heavy atom. The first-order chi connectivity index (χ1) is 12.0. The SMILES string of the molecule is COc1ccc(Cl)cc1/C=N\NC(=O)C(=O)NCc1ccc(Cl)cc1. The molecule has 0 aromatic heterocycles. The van der Waals surface area contributed by atoms with E-state index in [9.17, 15) is 9.59 Å². The van der Waals surface area contributed by atoms with E-state index in [2.05, 4.69) is 15.8 Å². The molecule has 0 atom stereocenters. The minimum absolute atomic E-state index is 0.204. The largest absolute Gasteiger partial charge is 0.496 e. The maximum absolute atomic E-state index is 11.7. The van der Waals surface area contributed by atoms with Gasteiger partial charge in [-0.1, -0.05) is 35.3 Å². The molecule has 0 saturated carbocycles. The first-order valence-electron chi connectivity index (χ1n) is 7.19. The fourth-order valence-electron chi connectivity index (χ4n) is 1.88. The molecule has 2 N–H and O–H groups in total.